The van der Waals surface area contributed by atoms with Crippen molar-refractivity contribution in [3.8, 4) is 0 Å². The molecule has 1 aliphatic heterocycles. The Morgan fingerprint density at radius 1 is 1.57 bits per heavy atom. The summed E-state index contributed by atoms with van der Waals surface area (Å²) in [5.41, 5.74) is 0.488. The van der Waals surface area contributed by atoms with E-state index in [9.17, 15) is 9.18 Å². The molecule has 1 unspecified atom stereocenters. The number of ether oxygens (including phenoxy) is 1. The van der Waals surface area contributed by atoms with Crippen LogP contribution in [0.2, 0.25) is 0 Å². The molecular weight excluding hydrogens is 273 g/mol. The van der Waals surface area contributed by atoms with Crippen LogP contribution in [0.4, 0.5) is 10.1 Å². The SMILES string of the molecule is CN(CCC(=O)Nc1cccc(F)c1)CC1CNCCO1. The topological polar surface area (TPSA) is 53.6 Å². The summed E-state index contributed by atoms with van der Waals surface area (Å²) in [6.07, 6.45) is 0.544. The lowest BCUT2D eigenvalue weighted by atomic mass is 10.2. The number of carbonyl (C=O) groups is 1. The summed E-state index contributed by atoms with van der Waals surface area (Å²) in [7, 11) is 1.97. The molecule has 1 atom stereocenters. The van der Waals surface area contributed by atoms with Crippen LogP contribution in [0.15, 0.2) is 24.3 Å². The summed E-state index contributed by atoms with van der Waals surface area (Å²) in [6, 6.07) is 5.90. The molecule has 1 aromatic rings. The molecular formula is C15H22FN3O2. The first-order chi connectivity index (χ1) is 10.1. The van der Waals surface area contributed by atoms with Gasteiger partial charge in [0.05, 0.1) is 12.7 Å². The zero-order valence-corrected chi connectivity index (χ0v) is 12.3. The number of morpholine rings is 1. The van der Waals surface area contributed by atoms with E-state index in [2.05, 4.69) is 15.5 Å². The van der Waals surface area contributed by atoms with Gasteiger partial charge >= 0.3 is 0 Å². The Hall–Kier alpha value is -1.50. The zero-order valence-electron chi connectivity index (χ0n) is 12.3. The lowest BCUT2D eigenvalue weighted by Gasteiger charge is -2.27. The van der Waals surface area contributed by atoms with Gasteiger partial charge in [-0.3, -0.25) is 4.79 Å². The van der Waals surface area contributed by atoms with Crippen molar-refractivity contribution in [3.63, 3.8) is 0 Å². The van der Waals surface area contributed by atoms with Crippen molar-refractivity contribution in [1.82, 2.24) is 10.2 Å². The Bertz CT molecular complexity index is 464. The number of rotatable bonds is 6. The molecule has 116 valence electrons. The van der Waals surface area contributed by atoms with Gasteiger partial charge in [-0.15, -0.1) is 0 Å². The molecule has 1 saturated heterocycles. The van der Waals surface area contributed by atoms with Gasteiger partial charge in [0.25, 0.3) is 0 Å². The van der Waals surface area contributed by atoms with E-state index in [1.165, 1.54) is 12.1 Å². The van der Waals surface area contributed by atoms with Gasteiger partial charge in [-0.25, -0.2) is 4.39 Å². The molecule has 21 heavy (non-hydrogen) atoms. The molecule has 1 amide bonds. The van der Waals surface area contributed by atoms with E-state index in [4.69, 9.17) is 4.74 Å². The predicted octanol–water partition coefficient (Wildman–Crippen LogP) is 1.07. The highest BCUT2D eigenvalue weighted by molar-refractivity contribution is 5.90. The first kappa shape index (κ1) is 15.9. The maximum Gasteiger partial charge on any atom is 0.225 e. The second-order valence-corrected chi connectivity index (χ2v) is 5.27. The van der Waals surface area contributed by atoms with Crippen LogP contribution in [0.5, 0.6) is 0 Å². The standard InChI is InChI=1S/C15H22FN3O2/c1-19(11-14-10-17-6-8-21-14)7-5-15(20)18-13-4-2-3-12(16)9-13/h2-4,9,14,17H,5-8,10-11H2,1H3,(H,18,20). The van der Waals surface area contributed by atoms with Crippen molar-refractivity contribution in [1.29, 1.82) is 0 Å². The summed E-state index contributed by atoms with van der Waals surface area (Å²) in [5.74, 6) is -0.470. The minimum absolute atomic E-state index is 0.116. The Balaban J connectivity index is 1.68. The first-order valence-corrected chi connectivity index (χ1v) is 7.20. The van der Waals surface area contributed by atoms with Crippen LogP contribution >= 0.6 is 0 Å². The van der Waals surface area contributed by atoms with E-state index >= 15 is 0 Å². The lowest BCUT2D eigenvalue weighted by molar-refractivity contribution is -0.116. The molecule has 0 aliphatic carbocycles. The van der Waals surface area contributed by atoms with Gasteiger partial charge in [-0.1, -0.05) is 6.07 Å². The maximum atomic E-state index is 13.0. The monoisotopic (exact) mass is 295 g/mol. The quantitative estimate of drug-likeness (QED) is 0.824. The van der Waals surface area contributed by atoms with E-state index in [0.717, 1.165) is 26.2 Å². The van der Waals surface area contributed by atoms with Crippen LogP contribution in [0.1, 0.15) is 6.42 Å². The van der Waals surface area contributed by atoms with Crippen LogP contribution in [0, 0.1) is 5.82 Å². The molecule has 1 fully saturated rings. The van der Waals surface area contributed by atoms with Gasteiger partial charge in [-0.05, 0) is 25.2 Å². The second kappa shape index (κ2) is 8.07. The van der Waals surface area contributed by atoms with Gasteiger partial charge in [0.2, 0.25) is 5.91 Å². The lowest BCUT2D eigenvalue weighted by Crippen LogP contribution is -2.44. The number of likely N-dealkylation sites (N-methyl/N-ethyl adjacent to an activating group) is 1. The van der Waals surface area contributed by atoms with Crippen molar-refractivity contribution in [3.05, 3.63) is 30.1 Å². The van der Waals surface area contributed by atoms with Crippen LogP contribution in [0.3, 0.4) is 0 Å². The number of halogens is 1. The van der Waals surface area contributed by atoms with Gasteiger partial charge in [0.1, 0.15) is 5.82 Å². The molecule has 2 rings (SSSR count). The van der Waals surface area contributed by atoms with Gasteiger partial charge in [0, 0.05) is 38.3 Å². The van der Waals surface area contributed by atoms with Gasteiger partial charge < -0.3 is 20.3 Å². The number of nitrogens with zero attached hydrogens (tertiary/aromatic N) is 1. The Kier molecular flexibility index (Phi) is 6.10. The molecule has 0 spiro atoms. The number of hydrogen-bond donors (Lipinski definition) is 2. The average Bonchev–Trinajstić information content (AvgIpc) is 2.46. The van der Waals surface area contributed by atoms with Gasteiger partial charge in [-0.2, -0.15) is 0 Å². The molecule has 2 N–H and O–H groups in total. The molecule has 0 radical (unpaired) electrons. The molecule has 1 aliphatic rings. The predicted molar refractivity (Wildman–Crippen MR) is 79.8 cm³/mol. The summed E-state index contributed by atoms with van der Waals surface area (Å²) in [5, 5.41) is 5.97. The van der Waals surface area contributed by atoms with Gasteiger partial charge in [0.15, 0.2) is 0 Å². The number of amides is 1. The van der Waals surface area contributed by atoms with Crippen molar-refractivity contribution < 1.29 is 13.9 Å². The average molecular weight is 295 g/mol. The summed E-state index contributed by atoms with van der Waals surface area (Å²) < 4.78 is 18.6. The molecule has 0 bridgehead atoms. The van der Waals surface area contributed by atoms with Crippen LogP contribution < -0.4 is 10.6 Å². The largest absolute Gasteiger partial charge is 0.374 e. The number of hydrogen-bond acceptors (Lipinski definition) is 4. The fourth-order valence-electron chi connectivity index (χ4n) is 2.26. The Labute approximate surface area is 124 Å². The first-order valence-electron chi connectivity index (χ1n) is 7.20. The summed E-state index contributed by atoms with van der Waals surface area (Å²) >= 11 is 0. The third-order valence-corrected chi connectivity index (χ3v) is 3.35. The number of anilines is 1. The smallest absolute Gasteiger partial charge is 0.225 e. The highest BCUT2D eigenvalue weighted by Crippen LogP contribution is 2.09. The Morgan fingerprint density at radius 2 is 2.43 bits per heavy atom. The second-order valence-electron chi connectivity index (χ2n) is 5.27. The summed E-state index contributed by atoms with van der Waals surface area (Å²) in [4.78, 5) is 13.9. The minimum Gasteiger partial charge on any atom is -0.374 e. The number of nitrogens with one attached hydrogen (secondary N) is 2. The van der Waals surface area contributed by atoms with E-state index in [1.807, 2.05) is 7.05 Å². The Morgan fingerprint density at radius 3 is 3.14 bits per heavy atom. The fraction of sp³-hybridized carbons (Fsp3) is 0.533. The molecule has 6 heteroatoms. The zero-order chi connectivity index (χ0) is 15.1. The minimum atomic E-state index is -0.355. The molecule has 5 nitrogen and oxygen atoms in total. The summed E-state index contributed by atoms with van der Waals surface area (Å²) in [6.45, 7) is 3.91. The maximum absolute atomic E-state index is 13.0. The van der Waals surface area contributed by atoms with E-state index in [-0.39, 0.29) is 17.8 Å². The molecule has 1 aromatic carbocycles. The highest BCUT2D eigenvalue weighted by Gasteiger charge is 2.15. The van der Waals surface area contributed by atoms with Crippen LogP contribution in [-0.4, -0.2) is 56.7 Å². The van der Waals surface area contributed by atoms with Crippen molar-refractivity contribution >= 4 is 11.6 Å². The number of carbonyl (C=O) groups excluding carboxylic acids is 1. The molecule has 0 saturated carbocycles. The third-order valence-electron chi connectivity index (χ3n) is 3.35. The normalized spacial score (nSPS) is 18.7. The van der Waals surface area contributed by atoms with E-state index in [1.54, 1.807) is 12.1 Å². The van der Waals surface area contributed by atoms with E-state index < -0.39 is 0 Å². The van der Waals surface area contributed by atoms with E-state index in [0.29, 0.717) is 18.7 Å². The fourth-order valence-corrected chi connectivity index (χ4v) is 2.26. The van der Waals surface area contributed by atoms with Crippen molar-refractivity contribution in [2.75, 3.05) is 45.2 Å². The third kappa shape index (κ3) is 5.79. The van der Waals surface area contributed by atoms with Crippen molar-refractivity contribution in [2.45, 2.75) is 12.5 Å². The highest BCUT2D eigenvalue weighted by atomic mass is 19.1. The van der Waals surface area contributed by atoms with Crippen LogP contribution in [0.25, 0.3) is 0 Å². The van der Waals surface area contributed by atoms with Crippen LogP contribution in [-0.2, 0) is 9.53 Å². The molecule has 0 aromatic heterocycles. The molecule has 1 heterocycles. The van der Waals surface area contributed by atoms with Crippen molar-refractivity contribution in [2.24, 2.45) is 0 Å². The number of benzene rings is 1.